The number of amides is 1. The average molecular weight is 235 g/mol. The number of morpholine rings is 1. The van der Waals surface area contributed by atoms with Gasteiger partial charge in [-0.05, 0) is 12.5 Å². The molecule has 2 aliphatic rings. The summed E-state index contributed by atoms with van der Waals surface area (Å²) in [6, 6.07) is 0. The van der Waals surface area contributed by atoms with Crippen LogP contribution >= 0.6 is 12.4 Å². The number of nitrogens with one attached hydrogen (secondary N) is 1. The molecule has 0 unspecified atom stereocenters. The minimum Gasteiger partial charge on any atom is -0.378 e. The molecule has 0 aliphatic carbocycles. The van der Waals surface area contributed by atoms with Gasteiger partial charge >= 0.3 is 0 Å². The van der Waals surface area contributed by atoms with Crippen molar-refractivity contribution in [3.63, 3.8) is 0 Å². The number of halogens is 1. The molecule has 1 N–H and O–H groups in total. The first-order chi connectivity index (χ1) is 6.79. The first-order valence-electron chi connectivity index (χ1n) is 5.36. The minimum atomic E-state index is 0. The first-order valence-corrected chi connectivity index (χ1v) is 5.36. The standard InChI is InChI=1S/C10H18N2O2.ClH/c1-8-6-11-7-9(8)10(13)12-2-4-14-5-3-12;/h8-9,11H,2-7H2,1H3;1H/t8-,9-;/m1./s1. The van der Waals surface area contributed by atoms with Gasteiger partial charge in [-0.25, -0.2) is 0 Å². The Kier molecular flexibility index (Phi) is 4.83. The van der Waals surface area contributed by atoms with Crippen molar-refractivity contribution in [1.82, 2.24) is 10.2 Å². The van der Waals surface area contributed by atoms with E-state index in [0.29, 0.717) is 25.0 Å². The summed E-state index contributed by atoms with van der Waals surface area (Å²) in [7, 11) is 0. The zero-order valence-corrected chi connectivity index (χ0v) is 9.89. The van der Waals surface area contributed by atoms with Crippen molar-refractivity contribution in [2.24, 2.45) is 11.8 Å². The van der Waals surface area contributed by atoms with Gasteiger partial charge in [0.25, 0.3) is 0 Å². The molecule has 0 aromatic rings. The number of rotatable bonds is 1. The lowest BCUT2D eigenvalue weighted by atomic mass is 9.96. The molecule has 0 spiro atoms. The number of hydrogen-bond donors (Lipinski definition) is 1. The van der Waals surface area contributed by atoms with E-state index in [0.717, 1.165) is 26.2 Å². The van der Waals surface area contributed by atoms with Gasteiger partial charge in [-0.2, -0.15) is 0 Å². The van der Waals surface area contributed by atoms with Crippen LogP contribution < -0.4 is 5.32 Å². The van der Waals surface area contributed by atoms with Crippen molar-refractivity contribution in [1.29, 1.82) is 0 Å². The highest BCUT2D eigenvalue weighted by atomic mass is 35.5. The molecular weight excluding hydrogens is 216 g/mol. The third-order valence-corrected chi connectivity index (χ3v) is 3.16. The van der Waals surface area contributed by atoms with Crippen LogP contribution in [0.4, 0.5) is 0 Å². The number of ether oxygens (including phenoxy) is 1. The Morgan fingerprint density at radius 2 is 2.00 bits per heavy atom. The van der Waals surface area contributed by atoms with E-state index in [4.69, 9.17) is 4.74 Å². The topological polar surface area (TPSA) is 41.6 Å². The maximum atomic E-state index is 12.0. The lowest BCUT2D eigenvalue weighted by Gasteiger charge is -2.30. The molecule has 0 radical (unpaired) electrons. The molecule has 4 nitrogen and oxygen atoms in total. The Bertz CT molecular complexity index is 219. The van der Waals surface area contributed by atoms with Crippen molar-refractivity contribution >= 4 is 18.3 Å². The fourth-order valence-corrected chi connectivity index (χ4v) is 2.16. The molecule has 0 aromatic heterocycles. The molecular formula is C10H19ClN2O2. The van der Waals surface area contributed by atoms with Gasteiger partial charge in [0.15, 0.2) is 0 Å². The zero-order valence-electron chi connectivity index (χ0n) is 9.07. The maximum Gasteiger partial charge on any atom is 0.227 e. The van der Waals surface area contributed by atoms with Crippen LogP contribution in [-0.2, 0) is 9.53 Å². The van der Waals surface area contributed by atoms with E-state index >= 15 is 0 Å². The molecule has 0 bridgehead atoms. The largest absolute Gasteiger partial charge is 0.378 e. The van der Waals surface area contributed by atoms with Crippen LogP contribution in [0.15, 0.2) is 0 Å². The highest BCUT2D eigenvalue weighted by molar-refractivity contribution is 5.85. The Hall–Kier alpha value is -0.320. The first kappa shape index (κ1) is 12.7. The van der Waals surface area contributed by atoms with Gasteiger partial charge in [-0.1, -0.05) is 6.92 Å². The van der Waals surface area contributed by atoms with E-state index in [-0.39, 0.29) is 18.3 Å². The fraction of sp³-hybridized carbons (Fsp3) is 0.900. The third kappa shape index (κ3) is 2.83. The van der Waals surface area contributed by atoms with Crippen molar-refractivity contribution in [2.45, 2.75) is 6.92 Å². The van der Waals surface area contributed by atoms with Gasteiger partial charge in [0, 0.05) is 19.6 Å². The molecule has 2 heterocycles. The molecule has 88 valence electrons. The van der Waals surface area contributed by atoms with E-state index in [1.165, 1.54) is 0 Å². The Labute approximate surface area is 96.7 Å². The highest BCUT2D eigenvalue weighted by Gasteiger charge is 2.33. The van der Waals surface area contributed by atoms with Crippen molar-refractivity contribution in [2.75, 3.05) is 39.4 Å². The van der Waals surface area contributed by atoms with E-state index in [2.05, 4.69) is 12.2 Å². The maximum absolute atomic E-state index is 12.0. The monoisotopic (exact) mass is 234 g/mol. The van der Waals surface area contributed by atoms with Crippen LogP contribution in [0.25, 0.3) is 0 Å². The van der Waals surface area contributed by atoms with Crippen LogP contribution in [0.5, 0.6) is 0 Å². The van der Waals surface area contributed by atoms with Crippen LogP contribution in [0.2, 0.25) is 0 Å². The lowest BCUT2D eigenvalue weighted by molar-refractivity contribution is -0.140. The summed E-state index contributed by atoms with van der Waals surface area (Å²) in [5.74, 6) is 0.976. The van der Waals surface area contributed by atoms with E-state index in [9.17, 15) is 4.79 Å². The second-order valence-corrected chi connectivity index (χ2v) is 4.18. The SMILES string of the molecule is C[C@@H]1CNC[C@H]1C(=O)N1CCOCC1.Cl. The normalized spacial score (nSPS) is 31.1. The minimum absolute atomic E-state index is 0. The molecule has 0 saturated carbocycles. The predicted octanol–water partition coefficient (Wildman–Crippen LogP) is 0.123. The van der Waals surface area contributed by atoms with Gasteiger partial charge in [0.05, 0.1) is 19.1 Å². The Morgan fingerprint density at radius 1 is 1.33 bits per heavy atom. The number of carbonyl (C=O) groups is 1. The summed E-state index contributed by atoms with van der Waals surface area (Å²) in [6.45, 7) is 6.88. The summed E-state index contributed by atoms with van der Waals surface area (Å²) in [5, 5.41) is 3.26. The molecule has 0 aromatic carbocycles. The quantitative estimate of drug-likeness (QED) is 0.701. The van der Waals surface area contributed by atoms with E-state index in [1.54, 1.807) is 0 Å². The van der Waals surface area contributed by atoms with Crippen LogP contribution in [0.1, 0.15) is 6.92 Å². The van der Waals surface area contributed by atoms with E-state index < -0.39 is 0 Å². The number of hydrogen-bond acceptors (Lipinski definition) is 3. The van der Waals surface area contributed by atoms with Gasteiger partial charge in [0.2, 0.25) is 5.91 Å². The predicted molar refractivity (Wildman–Crippen MR) is 60.2 cm³/mol. The van der Waals surface area contributed by atoms with E-state index in [1.807, 2.05) is 4.90 Å². The lowest BCUT2D eigenvalue weighted by Crippen LogP contribution is -2.45. The summed E-state index contributed by atoms with van der Waals surface area (Å²) in [6.07, 6.45) is 0. The molecule has 2 atom stereocenters. The van der Waals surface area contributed by atoms with Gasteiger partial charge in [0.1, 0.15) is 0 Å². The molecule has 2 fully saturated rings. The molecule has 5 heteroatoms. The van der Waals surface area contributed by atoms with Crippen LogP contribution in [-0.4, -0.2) is 50.2 Å². The highest BCUT2D eigenvalue weighted by Crippen LogP contribution is 2.19. The molecule has 1 amide bonds. The number of carbonyl (C=O) groups excluding carboxylic acids is 1. The van der Waals surface area contributed by atoms with Crippen molar-refractivity contribution in [3.05, 3.63) is 0 Å². The smallest absolute Gasteiger partial charge is 0.227 e. The second-order valence-electron chi connectivity index (χ2n) is 4.18. The summed E-state index contributed by atoms with van der Waals surface area (Å²) in [5.41, 5.74) is 0. The third-order valence-electron chi connectivity index (χ3n) is 3.16. The van der Waals surface area contributed by atoms with Gasteiger partial charge in [-0.15, -0.1) is 12.4 Å². The van der Waals surface area contributed by atoms with Gasteiger partial charge < -0.3 is 15.0 Å². The van der Waals surface area contributed by atoms with Gasteiger partial charge in [-0.3, -0.25) is 4.79 Å². The average Bonchev–Trinajstić information content (AvgIpc) is 2.65. The second kappa shape index (κ2) is 5.68. The fourth-order valence-electron chi connectivity index (χ4n) is 2.16. The summed E-state index contributed by atoms with van der Waals surface area (Å²) >= 11 is 0. The number of nitrogens with zero attached hydrogens (tertiary/aromatic N) is 1. The molecule has 15 heavy (non-hydrogen) atoms. The summed E-state index contributed by atoms with van der Waals surface area (Å²) in [4.78, 5) is 14.0. The molecule has 2 aliphatic heterocycles. The van der Waals surface area contributed by atoms with Crippen molar-refractivity contribution < 1.29 is 9.53 Å². The van der Waals surface area contributed by atoms with Crippen LogP contribution in [0.3, 0.4) is 0 Å². The van der Waals surface area contributed by atoms with Crippen LogP contribution in [0, 0.1) is 11.8 Å². The zero-order chi connectivity index (χ0) is 9.97. The molecule has 2 rings (SSSR count). The Balaban J connectivity index is 0.00000112. The molecule has 2 saturated heterocycles. The Morgan fingerprint density at radius 3 is 2.53 bits per heavy atom. The van der Waals surface area contributed by atoms with Crippen molar-refractivity contribution in [3.8, 4) is 0 Å². The summed E-state index contributed by atoms with van der Waals surface area (Å²) < 4.78 is 5.23.